The summed E-state index contributed by atoms with van der Waals surface area (Å²) in [6.45, 7) is 0.232. The Balaban J connectivity index is 1.44. The highest BCUT2D eigenvalue weighted by Gasteiger charge is 2.08. The Kier molecular flexibility index (Phi) is 5.54. The molecule has 0 fully saturated rings. The van der Waals surface area contributed by atoms with Crippen molar-refractivity contribution in [3.63, 3.8) is 0 Å². The minimum Gasteiger partial charge on any atom is -0.458 e. The molecule has 0 saturated carbocycles. The van der Waals surface area contributed by atoms with Crippen molar-refractivity contribution in [2.45, 2.75) is 12.4 Å². The Morgan fingerprint density at radius 1 is 1.22 bits per heavy atom. The van der Waals surface area contributed by atoms with E-state index >= 15 is 0 Å². The van der Waals surface area contributed by atoms with Crippen molar-refractivity contribution >= 4 is 50.9 Å². The molecule has 0 bridgehead atoms. The van der Waals surface area contributed by atoms with E-state index in [1.165, 1.54) is 11.8 Å². The van der Waals surface area contributed by atoms with Gasteiger partial charge in [-0.15, -0.1) is 23.1 Å². The highest BCUT2D eigenvalue weighted by molar-refractivity contribution is 7.99. The van der Waals surface area contributed by atoms with Gasteiger partial charge in [-0.2, -0.15) is 0 Å². The molecule has 3 aromatic rings. The topological polar surface area (TPSA) is 39.2 Å². The molecular formula is C17H14ClNO2S2. The van der Waals surface area contributed by atoms with E-state index in [-0.39, 0.29) is 12.6 Å². The fourth-order valence-electron chi connectivity index (χ4n) is 2.04. The quantitative estimate of drug-likeness (QED) is 0.582. The minimum absolute atomic E-state index is 0.226. The summed E-state index contributed by atoms with van der Waals surface area (Å²) in [5.41, 5.74) is 2.04. The maximum absolute atomic E-state index is 11.8. The number of para-hydroxylation sites is 1. The van der Waals surface area contributed by atoms with Gasteiger partial charge >= 0.3 is 5.97 Å². The van der Waals surface area contributed by atoms with E-state index in [0.717, 1.165) is 26.5 Å². The number of carbonyl (C=O) groups excluding carboxylic acids is 1. The number of ether oxygens (including phenoxy) is 1. The second kappa shape index (κ2) is 7.81. The van der Waals surface area contributed by atoms with E-state index in [9.17, 15) is 4.79 Å². The summed E-state index contributed by atoms with van der Waals surface area (Å²) in [4.78, 5) is 16.2. The summed E-state index contributed by atoms with van der Waals surface area (Å²) in [7, 11) is 0. The number of rotatable bonds is 6. The van der Waals surface area contributed by atoms with E-state index in [0.29, 0.717) is 10.8 Å². The molecule has 0 saturated heterocycles. The van der Waals surface area contributed by atoms with Gasteiger partial charge in [-0.1, -0.05) is 35.9 Å². The first-order valence-electron chi connectivity index (χ1n) is 7.03. The van der Waals surface area contributed by atoms with Crippen LogP contribution in [0.25, 0.3) is 10.2 Å². The SMILES string of the molecule is O=C(CSCc1cccc(Cl)c1)OCc1nc2ccccc2s1. The van der Waals surface area contributed by atoms with Crippen molar-refractivity contribution in [1.82, 2.24) is 4.98 Å². The van der Waals surface area contributed by atoms with Gasteiger partial charge in [0.25, 0.3) is 0 Å². The number of hydrogen-bond donors (Lipinski definition) is 0. The molecule has 2 aromatic carbocycles. The molecule has 0 N–H and O–H groups in total. The highest BCUT2D eigenvalue weighted by atomic mass is 35.5. The van der Waals surface area contributed by atoms with Crippen LogP contribution in [0.1, 0.15) is 10.6 Å². The van der Waals surface area contributed by atoms with Gasteiger partial charge in [0.05, 0.1) is 16.0 Å². The predicted octanol–water partition coefficient (Wildman–Crippen LogP) is 4.93. The van der Waals surface area contributed by atoms with Crippen molar-refractivity contribution < 1.29 is 9.53 Å². The van der Waals surface area contributed by atoms with E-state index in [1.54, 1.807) is 11.3 Å². The van der Waals surface area contributed by atoms with Crippen molar-refractivity contribution in [2.24, 2.45) is 0 Å². The Morgan fingerprint density at radius 3 is 2.91 bits per heavy atom. The molecule has 118 valence electrons. The fourth-order valence-corrected chi connectivity index (χ4v) is 3.91. The summed E-state index contributed by atoms with van der Waals surface area (Å²) in [5, 5.41) is 1.53. The molecule has 3 rings (SSSR count). The van der Waals surface area contributed by atoms with Crippen LogP contribution < -0.4 is 0 Å². The van der Waals surface area contributed by atoms with Crippen molar-refractivity contribution in [1.29, 1.82) is 0 Å². The van der Waals surface area contributed by atoms with Gasteiger partial charge in [0.2, 0.25) is 0 Å². The smallest absolute Gasteiger partial charge is 0.316 e. The maximum Gasteiger partial charge on any atom is 0.316 e. The number of nitrogens with zero attached hydrogens (tertiary/aromatic N) is 1. The lowest BCUT2D eigenvalue weighted by molar-refractivity contribution is -0.141. The molecule has 1 heterocycles. The lowest BCUT2D eigenvalue weighted by Crippen LogP contribution is -2.07. The van der Waals surface area contributed by atoms with Crippen LogP contribution in [0.4, 0.5) is 0 Å². The zero-order chi connectivity index (χ0) is 16.1. The second-order valence-electron chi connectivity index (χ2n) is 4.86. The van der Waals surface area contributed by atoms with Crippen molar-refractivity contribution in [2.75, 3.05) is 5.75 Å². The van der Waals surface area contributed by atoms with E-state index in [1.807, 2.05) is 48.5 Å². The van der Waals surface area contributed by atoms with Crippen LogP contribution in [0.15, 0.2) is 48.5 Å². The summed E-state index contributed by atoms with van der Waals surface area (Å²) < 4.78 is 6.39. The van der Waals surface area contributed by atoms with Gasteiger partial charge in [-0.3, -0.25) is 4.79 Å². The van der Waals surface area contributed by atoms with E-state index in [2.05, 4.69) is 4.98 Å². The average Bonchev–Trinajstić information content (AvgIpc) is 2.96. The number of thiazole rings is 1. The summed E-state index contributed by atoms with van der Waals surface area (Å²) >= 11 is 9.00. The zero-order valence-corrected chi connectivity index (χ0v) is 14.6. The molecule has 0 amide bonds. The number of thioether (sulfide) groups is 1. The van der Waals surface area contributed by atoms with Crippen LogP contribution in [0.5, 0.6) is 0 Å². The summed E-state index contributed by atoms with van der Waals surface area (Å²) in [6, 6.07) is 15.5. The Labute approximate surface area is 147 Å². The number of aromatic nitrogens is 1. The molecule has 0 aliphatic heterocycles. The molecule has 6 heteroatoms. The molecule has 3 nitrogen and oxygen atoms in total. The third kappa shape index (κ3) is 4.70. The number of halogens is 1. The number of fused-ring (bicyclic) bond motifs is 1. The van der Waals surface area contributed by atoms with Gasteiger partial charge in [0.1, 0.15) is 11.6 Å². The zero-order valence-electron chi connectivity index (χ0n) is 12.2. The maximum atomic E-state index is 11.8. The van der Waals surface area contributed by atoms with Gasteiger partial charge in [0, 0.05) is 10.8 Å². The number of carbonyl (C=O) groups is 1. The Hall–Kier alpha value is -1.56. The van der Waals surface area contributed by atoms with Crippen molar-refractivity contribution in [3.8, 4) is 0 Å². The van der Waals surface area contributed by atoms with Crippen LogP contribution in [0, 0.1) is 0 Å². The van der Waals surface area contributed by atoms with E-state index < -0.39 is 0 Å². The van der Waals surface area contributed by atoms with Crippen LogP contribution in [-0.4, -0.2) is 16.7 Å². The molecule has 0 aliphatic carbocycles. The first kappa shape index (κ1) is 16.3. The van der Waals surface area contributed by atoms with Gasteiger partial charge < -0.3 is 4.74 Å². The summed E-state index contributed by atoms with van der Waals surface area (Å²) in [6.07, 6.45) is 0. The third-order valence-corrected chi connectivity index (χ3v) is 5.29. The Morgan fingerprint density at radius 2 is 2.09 bits per heavy atom. The molecule has 0 aliphatic rings. The predicted molar refractivity (Wildman–Crippen MR) is 97.0 cm³/mol. The second-order valence-corrected chi connectivity index (χ2v) is 7.40. The summed E-state index contributed by atoms with van der Waals surface area (Å²) in [5.74, 6) is 0.824. The lowest BCUT2D eigenvalue weighted by atomic mass is 10.2. The van der Waals surface area contributed by atoms with Crippen LogP contribution in [0.3, 0.4) is 0 Å². The average molecular weight is 364 g/mol. The minimum atomic E-state index is -0.226. The normalized spacial score (nSPS) is 10.8. The van der Waals surface area contributed by atoms with E-state index in [4.69, 9.17) is 16.3 Å². The monoisotopic (exact) mass is 363 g/mol. The lowest BCUT2D eigenvalue weighted by Gasteiger charge is -2.03. The molecular weight excluding hydrogens is 350 g/mol. The third-order valence-electron chi connectivity index (χ3n) is 3.07. The number of hydrogen-bond acceptors (Lipinski definition) is 5. The number of benzene rings is 2. The fraction of sp³-hybridized carbons (Fsp3) is 0.176. The first-order chi connectivity index (χ1) is 11.2. The van der Waals surface area contributed by atoms with Crippen LogP contribution >= 0.6 is 34.7 Å². The van der Waals surface area contributed by atoms with Crippen molar-refractivity contribution in [3.05, 3.63) is 64.1 Å². The van der Waals surface area contributed by atoms with Gasteiger partial charge in [0.15, 0.2) is 0 Å². The van der Waals surface area contributed by atoms with Gasteiger partial charge in [-0.05, 0) is 29.8 Å². The van der Waals surface area contributed by atoms with Crippen LogP contribution in [-0.2, 0) is 21.9 Å². The van der Waals surface area contributed by atoms with Gasteiger partial charge in [-0.25, -0.2) is 4.98 Å². The molecule has 0 spiro atoms. The largest absolute Gasteiger partial charge is 0.458 e. The Bertz CT molecular complexity index is 786. The first-order valence-corrected chi connectivity index (χ1v) is 9.38. The molecule has 1 aromatic heterocycles. The molecule has 23 heavy (non-hydrogen) atoms. The molecule has 0 radical (unpaired) electrons. The standard InChI is InChI=1S/C17H14ClNO2S2/c18-13-5-3-4-12(8-13)10-22-11-17(20)21-9-16-19-14-6-1-2-7-15(14)23-16/h1-8H,9-11H2. The highest BCUT2D eigenvalue weighted by Crippen LogP contribution is 2.22. The molecule has 0 atom stereocenters. The van der Waals surface area contributed by atoms with Crippen LogP contribution in [0.2, 0.25) is 5.02 Å². The molecule has 0 unspecified atom stereocenters. The number of esters is 1.